The Morgan fingerprint density at radius 2 is 2.19 bits per heavy atom. The van der Waals surface area contributed by atoms with Crippen molar-refractivity contribution >= 4 is 11.8 Å². The van der Waals surface area contributed by atoms with Crippen molar-refractivity contribution in [1.82, 2.24) is 19.8 Å². The quantitative estimate of drug-likeness (QED) is 0.868. The molecule has 1 fully saturated rings. The van der Waals surface area contributed by atoms with E-state index in [0.29, 0.717) is 43.9 Å². The summed E-state index contributed by atoms with van der Waals surface area (Å²) in [6.07, 6.45) is 3.44. The van der Waals surface area contributed by atoms with Gasteiger partial charge in [0, 0.05) is 25.2 Å². The van der Waals surface area contributed by atoms with Crippen molar-refractivity contribution in [3.63, 3.8) is 0 Å². The van der Waals surface area contributed by atoms with E-state index in [1.54, 1.807) is 23.3 Å². The summed E-state index contributed by atoms with van der Waals surface area (Å²) in [6, 6.07) is 3.40. The van der Waals surface area contributed by atoms with Crippen LogP contribution in [0.1, 0.15) is 43.1 Å². The van der Waals surface area contributed by atoms with Crippen LogP contribution in [0.25, 0.3) is 0 Å². The molecule has 7 nitrogen and oxygen atoms in total. The number of carbonyl (C=O) groups is 2. The van der Waals surface area contributed by atoms with Gasteiger partial charge in [0.05, 0.1) is 31.0 Å². The lowest BCUT2D eigenvalue weighted by Crippen LogP contribution is -2.47. The maximum absolute atomic E-state index is 13.1. The number of furan rings is 1. The third-order valence-electron chi connectivity index (χ3n) is 5.37. The van der Waals surface area contributed by atoms with Crippen LogP contribution in [0.15, 0.2) is 29.0 Å². The van der Waals surface area contributed by atoms with Crippen LogP contribution in [0.3, 0.4) is 0 Å². The molecule has 2 aromatic rings. The summed E-state index contributed by atoms with van der Waals surface area (Å²) < 4.78 is 20.3. The predicted molar refractivity (Wildman–Crippen MR) is 94.2 cm³/mol. The molecule has 3 heterocycles. The van der Waals surface area contributed by atoms with Gasteiger partial charge in [-0.3, -0.25) is 9.59 Å². The molecule has 0 spiro atoms. The molecule has 2 aliphatic rings. The van der Waals surface area contributed by atoms with Gasteiger partial charge in [-0.2, -0.15) is 0 Å². The van der Waals surface area contributed by atoms with Gasteiger partial charge in [-0.25, -0.2) is 9.37 Å². The second kappa shape index (κ2) is 7.17. The number of aromatic nitrogens is 2. The zero-order valence-corrected chi connectivity index (χ0v) is 15.2. The first-order valence-electron chi connectivity index (χ1n) is 9.31. The Hall–Kier alpha value is -2.64. The van der Waals surface area contributed by atoms with E-state index in [-0.39, 0.29) is 30.2 Å². The highest BCUT2D eigenvalue weighted by molar-refractivity contribution is 5.80. The van der Waals surface area contributed by atoms with E-state index in [1.165, 1.54) is 0 Å². The predicted octanol–water partition coefficient (Wildman–Crippen LogP) is 1.99. The highest BCUT2D eigenvalue weighted by atomic mass is 19.1. The van der Waals surface area contributed by atoms with Gasteiger partial charge in [0.25, 0.3) is 0 Å². The lowest BCUT2D eigenvalue weighted by molar-refractivity contribution is -0.144. The maximum atomic E-state index is 13.1. The minimum absolute atomic E-state index is 0.0170. The van der Waals surface area contributed by atoms with Gasteiger partial charge in [-0.05, 0) is 31.9 Å². The van der Waals surface area contributed by atoms with E-state index in [9.17, 15) is 14.0 Å². The molecule has 0 unspecified atom stereocenters. The topological polar surface area (TPSA) is 80.4 Å². The Bertz CT molecular complexity index is 826. The number of nitrogens with one attached hydrogen (secondary N) is 1. The van der Waals surface area contributed by atoms with Gasteiger partial charge >= 0.3 is 0 Å². The largest absolute Gasteiger partial charge is 0.467 e. The van der Waals surface area contributed by atoms with Crippen LogP contribution in [-0.4, -0.2) is 39.0 Å². The van der Waals surface area contributed by atoms with E-state index in [0.717, 1.165) is 5.82 Å². The first-order valence-corrected chi connectivity index (χ1v) is 9.31. The lowest BCUT2D eigenvalue weighted by atomic mass is 9.82. The molecular formula is C19H23FN4O3. The van der Waals surface area contributed by atoms with E-state index < -0.39 is 6.17 Å². The molecule has 1 saturated carbocycles. The van der Waals surface area contributed by atoms with Crippen LogP contribution in [0, 0.1) is 5.92 Å². The highest BCUT2D eigenvalue weighted by Crippen LogP contribution is 2.35. The van der Waals surface area contributed by atoms with Crippen molar-refractivity contribution in [3.8, 4) is 0 Å². The van der Waals surface area contributed by atoms with E-state index in [1.807, 2.05) is 17.7 Å². The standard InChI is InChI=1S/C19H23FN4O3/c1-12-18-22-15(9-17(25)21-10-16-3-2-6-27-16)11-23(18)4-5-24(12)19(26)13-7-14(20)8-13/h2-3,6,11-14H,4-5,7-10H2,1H3,(H,21,25)/t12-,13?,14?/m1/s1. The Morgan fingerprint density at radius 3 is 2.89 bits per heavy atom. The van der Waals surface area contributed by atoms with E-state index in [4.69, 9.17) is 4.42 Å². The number of hydrogen-bond donors (Lipinski definition) is 1. The van der Waals surface area contributed by atoms with Crippen molar-refractivity contribution in [2.45, 2.75) is 51.5 Å². The van der Waals surface area contributed by atoms with Crippen LogP contribution in [-0.2, 0) is 29.1 Å². The lowest BCUT2D eigenvalue weighted by Gasteiger charge is -2.39. The van der Waals surface area contributed by atoms with Crippen LogP contribution in [0.4, 0.5) is 4.39 Å². The number of rotatable bonds is 5. The second-order valence-electron chi connectivity index (χ2n) is 7.29. The molecule has 0 radical (unpaired) electrons. The average Bonchev–Trinajstić information content (AvgIpc) is 3.26. The fourth-order valence-electron chi connectivity index (χ4n) is 3.74. The zero-order valence-electron chi connectivity index (χ0n) is 15.2. The SMILES string of the molecule is C[C@@H]1c2nc(CC(=O)NCc3ccco3)cn2CCN1C(=O)C1CC(F)C1. The van der Waals surface area contributed by atoms with Crippen molar-refractivity contribution in [2.24, 2.45) is 5.92 Å². The molecule has 8 heteroatoms. The van der Waals surface area contributed by atoms with Crippen molar-refractivity contribution in [3.05, 3.63) is 41.9 Å². The van der Waals surface area contributed by atoms with Crippen molar-refractivity contribution in [1.29, 1.82) is 0 Å². The smallest absolute Gasteiger partial charge is 0.226 e. The number of hydrogen-bond acceptors (Lipinski definition) is 4. The number of fused-ring (bicyclic) bond motifs is 1. The Balaban J connectivity index is 1.37. The molecular weight excluding hydrogens is 351 g/mol. The molecule has 1 N–H and O–H groups in total. The summed E-state index contributed by atoms with van der Waals surface area (Å²) in [4.78, 5) is 31.1. The Morgan fingerprint density at radius 1 is 1.37 bits per heavy atom. The van der Waals surface area contributed by atoms with Crippen LogP contribution >= 0.6 is 0 Å². The third kappa shape index (κ3) is 3.61. The summed E-state index contributed by atoms with van der Waals surface area (Å²) in [5.74, 6) is 1.16. The first-order chi connectivity index (χ1) is 13.0. The Labute approximate surface area is 156 Å². The van der Waals surface area contributed by atoms with Crippen LogP contribution in [0.5, 0.6) is 0 Å². The van der Waals surface area contributed by atoms with Gasteiger partial charge in [-0.15, -0.1) is 0 Å². The minimum atomic E-state index is -0.840. The Kier molecular flexibility index (Phi) is 4.72. The number of carbonyl (C=O) groups excluding carboxylic acids is 2. The van der Waals surface area contributed by atoms with Gasteiger partial charge in [0.1, 0.15) is 17.8 Å². The van der Waals surface area contributed by atoms with Gasteiger partial charge in [0.15, 0.2) is 0 Å². The number of alkyl halides is 1. The normalized spacial score (nSPS) is 24.2. The van der Waals surface area contributed by atoms with Crippen molar-refractivity contribution in [2.75, 3.05) is 6.54 Å². The monoisotopic (exact) mass is 374 g/mol. The second-order valence-corrected chi connectivity index (χ2v) is 7.29. The number of halogens is 1. The maximum Gasteiger partial charge on any atom is 0.226 e. The number of nitrogens with zero attached hydrogens (tertiary/aromatic N) is 3. The molecule has 0 bridgehead atoms. The van der Waals surface area contributed by atoms with Crippen LogP contribution in [0.2, 0.25) is 0 Å². The molecule has 1 aliphatic carbocycles. The molecule has 2 amide bonds. The van der Waals surface area contributed by atoms with Crippen LogP contribution < -0.4 is 5.32 Å². The fourth-order valence-corrected chi connectivity index (χ4v) is 3.74. The zero-order chi connectivity index (χ0) is 19.0. The highest BCUT2D eigenvalue weighted by Gasteiger charge is 2.40. The molecule has 2 aromatic heterocycles. The third-order valence-corrected chi connectivity index (χ3v) is 5.37. The minimum Gasteiger partial charge on any atom is -0.467 e. The molecule has 144 valence electrons. The van der Waals surface area contributed by atoms with Crippen molar-refractivity contribution < 1.29 is 18.4 Å². The summed E-state index contributed by atoms with van der Waals surface area (Å²) in [5, 5.41) is 2.80. The summed E-state index contributed by atoms with van der Waals surface area (Å²) in [5.41, 5.74) is 0.676. The summed E-state index contributed by atoms with van der Waals surface area (Å²) in [7, 11) is 0. The van der Waals surface area contributed by atoms with Gasteiger partial charge < -0.3 is 19.2 Å². The molecule has 4 rings (SSSR count). The first kappa shape index (κ1) is 17.8. The molecule has 1 atom stereocenters. The fraction of sp³-hybridized carbons (Fsp3) is 0.526. The molecule has 0 aromatic carbocycles. The molecule has 0 saturated heterocycles. The summed E-state index contributed by atoms with van der Waals surface area (Å²) >= 11 is 0. The van der Waals surface area contributed by atoms with E-state index in [2.05, 4.69) is 10.3 Å². The number of amides is 2. The van der Waals surface area contributed by atoms with Gasteiger partial charge in [-0.1, -0.05) is 0 Å². The molecule has 27 heavy (non-hydrogen) atoms. The summed E-state index contributed by atoms with van der Waals surface area (Å²) in [6.45, 7) is 3.50. The van der Waals surface area contributed by atoms with E-state index >= 15 is 0 Å². The molecule has 1 aliphatic heterocycles. The number of imidazole rings is 1. The van der Waals surface area contributed by atoms with Gasteiger partial charge in [0.2, 0.25) is 11.8 Å². The average molecular weight is 374 g/mol.